The number of hydrogen-bond donors (Lipinski definition) is 1. The van der Waals surface area contributed by atoms with Crippen LogP contribution in [0.2, 0.25) is 0 Å². The topological polar surface area (TPSA) is 73.9 Å². The van der Waals surface area contributed by atoms with Gasteiger partial charge in [-0.05, 0) is 49.4 Å². The van der Waals surface area contributed by atoms with Gasteiger partial charge in [-0.25, -0.2) is 0 Å². The van der Waals surface area contributed by atoms with Crippen LogP contribution in [0.3, 0.4) is 0 Å². The molecule has 6 heteroatoms. The maximum absolute atomic E-state index is 12.4. The van der Waals surface area contributed by atoms with Crippen molar-refractivity contribution in [2.24, 2.45) is 0 Å². The second-order valence-electron chi connectivity index (χ2n) is 5.50. The predicted octanol–water partition coefficient (Wildman–Crippen LogP) is 3.11. The molecule has 0 aromatic heterocycles. The number of carbonyl (C=O) groups is 2. The van der Waals surface area contributed by atoms with E-state index in [4.69, 9.17) is 14.2 Å². The van der Waals surface area contributed by atoms with Crippen LogP contribution in [0.15, 0.2) is 48.5 Å². The standard InChI is InChI=1S/C21H23NO5/c1-4-26-19-7-5-6-16(21(19)25-3)10-13-18(23)15-8-11-17(12-9-15)27-14-20(24)22-2/h5-13H,4,14H2,1-3H3,(H,22,24)/b13-10+. The first-order valence-electron chi connectivity index (χ1n) is 8.54. The summed E-state index contributed by atoms with van der Waals surface area (Å²) in [6.45, 7) is 2.35. The quantitative estimate of drug-likeness (QED) is 0.543. The minimum Gasteiger partial charge on any atom is -0.492 e. The van der Waals surface area contributed by atoms with E-state index in [1.54, 1.807) is 44.5 Å². The Labute approximate surface area is 158 Å². The first-order valence-corrected chi connectivity index (χ1v) is 8.54. The van der Waals surface area contributed by atoms with Crippen molar-refractivity contribution in [3.8, 4) is 17.2 Å². The molecular weight excluding hydrogens is 346 g/mol. The second kappa shape index (κ2) is 10.0. The average molecular weight is 369 g/mol. The van der Waals surface area contributed by atoms with Gasteiger partial charge in [-0.1, -0.05) is 12.1 Å². The van der Waals surface area contributed by atoms with Crippen molar-refractivity contribution in [2.45, 2.75) is 6.92 Å². The van der Waals surface area contributed by atoms with Gasteiger partial charge in [-0.15, -0.1) is 0 Å². The molecule has 0 fully saturated rings. The number of methoxy groups -OCH3 is 1. The van der Waals surface area contributed by atoms with Crippen LogP contribution in [0.4, 0.5) is 0 Å². The molecule has 1 amide bonds. The molecule has 0 saturated carbocycles. The number of hydrogen-bond acceptors (Lipinski definition) is 5. The number of amides is 1. The largest absolute Gasteiger partial charge is 0.492 e. The number of likely N-dealkylation sites (N-methyl/N-ethyl adjacent to an activating group) is 1. The van der Waals surface area contributed by atoms with E-state index in [9.17, 15) is 9.59 Å². The van der Waals surface area contributed by atoms with Crippen LogP contribution in [0.1, 0.15) is 22.8 Å². The predicted molar refractivity (Wildman–Crippen MR) is 104 cm³/mol. The third-order valence-electron chi connectivity index (χ3n) is 3.72. The Bertz CT molecular complexity index is 812. The van der Waals surface area contributed by atoms with Gasteiger partial charge < -0.3 is 19.5 Å². The summed E-state index contributed by atoms with van der Waals surface area (Å²) in [6.07, 6.45) is 3.17. The fourth-order valence-corrected chi connectivity index (χ4v) is 2.35. The molecule has 0 atom stereocenters. The van der Waals surface area contributed by atoms with Crippen LogP contribution in [-0.2, 0) is 4.79 Å². The van der Waals surface area contributed by atoms with E-state index in [1.165, 1.54) is 6.08 Å². The zero-order chi connectivity index (χ0) is 19.6. The molecular formula is C21H23NO5. The summed E-state index contributed by atoms with van der Waals surface area (Å²) in [5.41, 5.74) is 1.26. The third kappa shape index (κ3) is 5.60. The van der Waals surface area contributed by atoms with Crippen LogP contribution in [-0.4, -0.2) is 39.1 Å². The van der Waals surface area contributed by atoms with Crippen molar-refractivity contribution in [1.82, 2.24) is 5.32 Å². The van der Waals surface area contributed by atoms with Gasteiger partial charge >= 0.3 is 0 Å². The number of rotatable bonds is 9. The second-order valence-corrected chi connectivity index (χ2v) is 5.50. The monoisotopic (exact) mass is 369 g/mol. The van der Waals surface area contributed by atoms with Gasteiger partial charge in [0.1, 0.15) is 5.75 Å². The molecule has 2 aromatic carbocycles. The van der Waals surface area contributed by atoms with Crippen molar-refractivity contribution in [3.05, 3.63) is 59.7 Å². The van der Waals surface area contributed by atoms with E-state index in [1.807, 2.05) is 25.1 Å². The molecule has 27 heavy (non-hydrogen) atoms. The molecule has 0 aliphatic rings. The van der Waals surface area contributed by atoms with E-state index < -0.39 is 0 Å². The number of nitrogens with one attached hydrogen (secondary N) is 1. The number of carbonyl (C=O) groups excluding carboxylic acids is 2. The van der Waals surface area contributed by atoms with Crippen LogP contribution in [0.5, 0.6) is 17.2 Å². The first-order chi connectivity index (χ1) is 13.1. The minimum absolute atomic E-state index is 0.0698. The van der Waals surface area contributed by atoms with Gasteiger partial charge in [0.15, 0.2) is 23.9 Å². The van der Waals surface area contributed by atoms with Crippen molar-refractivity contribution < 1.29 is 23.8 Å². The van der Waals surface area contributed by atoms with Gasteiger partial charge in [-0.2, -0.15) is 0 Å². The Morgan fingerprint density at radius 3 is 2.44 bits per heavy atom. The minimum atomic E-state index is -0.221. The van der Waals surface area contributed by atoms with E-state index >= 15 is 0 Å². The molecule has 0 radical (unpaired) electrons. The van der Waals surface area contributed by atoms with Crippen molar-refractivity contribution >= 4 is 17.8 Å². The lowest BCUT2D eigenvalue weighted by atomic mass is 10.1. The van der Waals surface area contributed by atoms with Gasteiger partial charge in [0, 0.05) is 18.2 Å². The maximum Gasteiger partial charge on any atom is 0.257 e. The normalized spacial score (nSPS) is 10.5. The SMILES string of the molecule is CCOc1cccc(/C=C/C(=O)c2ccc(OCC(=O)NC)cc2)c1OC. The van der Waals surface area contributed by atoms with Crippen LogP contribution in [0.25, 0.3) is 6.08 Å². The number of ketones is 1. The smallest absolute Gasteiger partial charge is 0.257 e. The third-order valence-corrected chi connectivity index (χ3v) is 3.72. The van der Waals surface area contributed by atoms with Crippen molar-refractivity contribution in [2.75, 3.05) is 27.4 Å². The highest BCUT2D eigenvalue weighted by Gasteiger charge is 2.09. The number of ether oxygens (including phenoxy) is 3. The van der Waals surface area contributed by atoms with Gasteiger partial charge in [0.05, 0.1) is 13.7 Å². The maximum atomic E-state index is 12.4. The van der Waals surface area contributed by atoms with Gasteiger partial charge in [0.25, 0.3) is 5.91 Å². The molecule has 0 spiro atoms. The summed E-state index contributed by atoms with van der Waals surface area (Å²) in [4.78, 5) is 23.6. The molecule has 0 unspecified atom stereocenters. The van der Waals surface area contributed by atoms with E-state index in [2.05, 4.69) is 5.32 Å². The lowest BCUT2D eigenvalue weighted by Crippen LogP contribution is -2.24. The first kappa shape index (κ1) is 20.0. The Balaban J connectivity index is 2.08. The Morgan fingerprint density at radius 1 is 1.07 bits per heavy atom. The zero-order valence-electron chi connectivity index (χ0n) is 15.7. The Hall–Kier alpha value is -3.28. The molecule has 1 N–H and O–H groups in total. The summed E-state index contributed by atoms with van der Waals surface area (Å²) >= 11 is 0. The fourth-order valence-electron chi connectivity index (χ4n) is 2.35. The molecule has 0 aliphatic carbocycles. The lowest BCUT2D eigenvalue weighted by Gasteiger charge is -2.11. The summed E-state index contributed by atoms with van der Waals surface area (Å²) in [5.74, 6) is 1.36. The average Bonchev–Trinajstić information content (AvgIpc) is 2.70. The summed E-state index contributed by atoms with van der Waals surface area (Å²) < 4.78 is 16.3. The van der Waals surface area contributed by atoms with Crippen LogP contribution < -0.4 is 19.5 Å². The summed E-state index contributed by atoms with van der Waals surface area (Å²) in [5, 5.41) is 2.47. The van der Waals surface area contributed by atoms with Gasteiger partial charge in [0.2, 0.25) is 0 Å². The summed E-state index contributed by atoms with van der Waals surface area (Å²) in [6, 6.07) is 12.1. The number of allylic oxidation sites excluding steroid dienone is 1. The summed E-state index contributed by atoms with van der Waals surface area (Å²) in [7, 11) is 3.10. The molecule has 0 saturated heterocycles. The molecule has 2 aromatic rings. The number of para-hydroxylation sites is 1. The molecule has 0 heterocycles. The highest BCUT2D eigenvalue weighted by Crippen LogP contribution is 2.32. The Morgan fingerprint density at radius 2 is 1.81 bits per heavy atom. The zero-order valence-corrected chi connectivity index (χ0v) is 15.7. The van der Waals surface area contributed by atoms with Crippen LogP contribution >= 0.6 is 0 Å². The van der Waals surface area contributed by atoms with Crippen molar-refractivity contribution in [1.29, 1.82) is 0 Å². The Kier molecular flexibility index (Phi) is 7.43. The van der Waals surface area contributed by atoms with E-state index in [-0.39, 0.29) is 18.3 Å². The van der Waals surface area contributed by atoms with E-state index in [0.717, 1.165) is 5.56 Å². The molecule has 142 valence electrons. The molecule has 6 nitrogen and oxygen atoms in total. The van der Waals surface area contributed by atoms with Crippen molar-refractivity contribution in [3.63, 3.8) is 0 Å². The molecule has 2 rings (SSSR count). The molecule has 0 bridgehead atoms. The fraction of sp³-hybridized carbons (Fsp3) is 0.238. The van der Waals surface area contributed by atoms with Gasteiger partial charge in [-0.3, -0.25) is 9.59 Å². The lowest BCUT2D eigenvalue weighted by molar-refractivity contribution is -0.122. The van der Waals surface area contributed by atoms with Crippen LogP contribution in [0, 0.1) is 0 Å². The number of benzene rings is 2. The van der Waals surface area contributed by atoms with E-state index in [0.29, 0.717) is 29.4 Å². The highest BCUT2D eigenvalue weighted by atomic mass is 16.5. The molecule has 0 aliphatic heterocycles. The highest BCUT2D eigenvalue weighted by molar-refractivity contribution is 6.07.